The number of aromatic nitrogens is 4. The van der Waals surface area contributed by atoms with Crippen LogP contribution in [-0.4, -0.2) is 26.8 Å². The number of rotatable bonds is 6. The van der Waals surface area contributed by atoms with Crippen molar-refractivity contribution in [3.63, 3.8) is 0 Å². The number of nitrogens with zero attached hydrogens (tertiary/aromatic N) is 4. The molecule has 20 heavy (non-hydrogen) atoms. The molecule has 0 saturated carbocycles. The Morgan fingerprint density at radius 1 is 1.45 bits per heavy atom. The van der Waals surface area contributed by atoms with Crippen molar-refractivity contribution in [1.29, 1.82) is 0 Å². The summed E-state index contributed by atoms with van der Waals surface area (Å²) >= 11 is 5.97. The number of nitrogens with one attached hydrogen (secondary N) is 1. The molecule has 0 aliphatic rings. The fourth-order valence-corrected chi connectivity index (χ4v) is 3.02. The van der Waals surface area contributed by atoms with Crippen LogP contribution in [0.5, 0.6) is 0 Å². The Balaban J connectivity index is 2.24. The predicted octanol–water partition coefficient (Wildman–Crippen LogP) is 2.86. The summed E-state index contributed by atoms with van der Waals surface area (Å²) < 4.78 is 2.33. The molecule has 0 bridgehead atoms. The van der Waals surface area contributed by atoms with Gasteiger partial charge < -0.3 is 5.32 Å². The zero-order valence-corrected chi connectivity index (χ0v) is 15.2. The van der Waals surface area contributed by atoms with Crippen LogP contribution in [0.25, 0.3) is 0 Å². The van der Waals surface area contributed by atoms with Gasteiger partial charge in [0.1, 0.15) is 0 Å². The quantitative estimate of drug-likeness (QED) is 0.689. The third kappa shape index (κ3) is 4.23. The molecular formula is C13H17BrIN5. The highest BCUT2D eigenvalue weighted by molar-refractivity contribution is 14.1. The first kappa shape index (κ1) is 15.8. The van der Waals surface area contributed by atoms with E-state index in [4.69, 9.17) is 0 Å². The van der Waals surface area contributed by atoms with Crippen molar-refractivity contribution < 1.29 is 0 Å². The van der Waals surface area contributed by atoms with Crippen LogP contribution in [0.4, 0.5) is 0 Å². The summed E-state index contributed by atoms with van der Waals surface area (Å²) in [5, 5.41) is 15.8. The number of aryl methyl sites for hydroxylation is 1. The first-order chi connectivity index (χ1) is 9.60. The molecule has 0 fully saturated rings. The highest BCUT2D eigenvalue weighted by Gasteiger charge is 2.17. The predicted molar refractivity (Wildman–Crippen MR) is 90.4 cm³/mol. The molecule has 1 aromatic heterocycles. The van der Waals surface area contributed by atoms with Gasteiger partial charge in [0.2, 0.25) is 0 Å². The molecule has 2 rings (SSSR count). The van der Waals surface area contributed by atoms with Gasteiger partial charge in [-0.15, -0.1) is 10.2 Å². The smallest absolute Gasteiger partial charge is 0.176 e. The van der Waals surface area contributed by atoms with Gasteiger partial charge in [-0.05, 0) is 64.5 Å². The molecule has 7 heteroatoms. The highest BCUT2D eigenvalue weighted by Crippen LogP contribution is 2.27. The third-order valence-corrected chi connectivity index (χ3v) is 4.30. The first-order valence-corrected chi connectivity index (χ1v) is 8.38. The molecule has 0 radical (unpaired) electrons. The van der Waals surface area contributed by atoms with Crippen LogP contribution >= 0.6 is 38.5 Å². The Labute approximate surface area is 140 Å². The van der Waals surface area contributed by atoms with Crippen molar-refractivity contribution in [2.75, 3.05) is 6.54 Å². The van der Waals surface area contributed by atoms with E-state index in [0.29, 0.717) is 0 Å². The van der Waals surface area contributed by atoms with Crippen LogP contribution in [0.3, 0.4) is 0 Å². The molecule has 1 N–H and O–H groups in total. The standard InChI is InChI=1S/C13H17BrIN5/c1-3-6-16-12(8-13-17-19-20(2)18-13)10-7-9(15)4-5-11(10)14/h4-5,7,12,16H,3,6,8H2,1-2H3. The second kappa shape index (κ2) is 7.46. The summed E-state index contributed by atoms with van der Waals surface area (Å²) in [6, 6.07) is 6.55. The lowest BCUT2D eigenvalue weighted by atomic mass is 10.0. The van der Waals surface area contributed by atoms with Crippen LogP contribution in [0.15, 0.2) is 22.7 Å². The molecule has 5 nitrogen and oxygen atoms in total. The van der Waals surface area contributed by atoms with Gasteiger partial charge >= 0.3 is 0 Å². The van der Waals surface area contributed by atoms with Crippen LogP contribution < -0.4 is 5.32 Å². The average Bonchev–Trinajstić information content (AvgIpc) is 2.83. The summed E-state index contributed by atoms with van der Waals surface area (Å²) in [6.07, 6.45) is 1.82. The Morgan fingerprint density at radius 3 is 2.90 bits per heavy atom. The number of benzene rings is 1. The van der Waals surface area contributed by atoms with Crippen molar-refractivity contribution >= 4 is 38.5 Å². The minimum atomic E-state index is 0.184. The van der Waals surface area contributed by atoms with Crippen LogP contribution in [0.2, 0.25) is 0 Å². The summed E-state index contributed by atoms with van der Waals surface area (Å²) in [6.45, 7) is 3.12. The van der Waals surface area contributed by atoms with Crippen molar-refractivity contribution in [1.82, 2.24) is 25.5 Å². The van der Waals surface area contributed by atoms with E-state index >= 15 is 0 Å². The molecule has 0 amide bonds. The number of hydrogen-bond donors (Lipinski definition) is 1. The van der Waals surface area contributed by atoms with Gasteiger partial charge in [0, 0.05) is 20.5 Å². The molecule has 0 aliphatic heterocycles. The Kier molecular flexibility index (Phi) is 5.91. The molecule has 0 aliphatic carbocycles. The van der Waals surface area contributed by atoms with E-state index in [2.05, 4.69) is 84.4 Å². The summed E-state index contributed by atoms with van der Waals surface area (Å²) in [5.41, 5.74) is 1.23. The molecule has 1 heterocycles. The van der Waals surface area contributed by atoms with E-state index < -0.39 is 0 Å². The minimum absolute atomic E-state index is 0.184. The van der Waals surface area contributed by atoms with Crippen molar-refractivity contribution in [2.24, 2.45) is 7.05 Å². The molecule has 0 spiro atoms. The van der Waals surface area contributed by atoms with Gasteiger partial charge in [0.15, 0.2) is 5.82 Å². The number of halogens is 2. The summed E-state index contributed by atoms with van der Waals surface area (Å²) in [7, 11) is 1.78. The van der Waals surface area contributed by atoms with Gasteiger partial charge in [-0.1, -0.05) is 22.9 Å². The van der Waals surface area contributed by atoms with Gasteiger partial charge in [0.05, 0.1) is 7.05 Å². The Bertz CT molecular complexity index is 572. The van der Waals surface area contributed by atoms with E-state index in [0.717, 1.165) is 29.7 Å². The maximum absolute atomic E-state index is 4.27. The Hall–Kier alpha value is -0.540. The van der Waals surface area contributed by atoms with Crippen LogP contribution in [0, 0.1) is 3.57 Å². The summed E-state index contributed by atoms with van der Waals surface area (Å²) in [4.78, 5) is 1.50. The van der Waals surface area contributed by atoms with Crippen molar-refractivity contribution in [3.8, 4) is 0 Å². The second-order valence-corrected chi connectivity index (χ2v) is 6.67. The largest absolute Gasteiger partial charge is 0.310 e. The first-order valence-electron chi connectivity index (χ1n) is 6.51. The van der Waals surface area contributed by atoms with Gasteiger partial charge in [-0.25, -0.2) is 0 Å². The lowest BCUT2D eigenvalue weighted by Gasteiger charge is -2.19. The molecule has 108 valence electrons. The maximum Gasteiger partial charge on any atom is 0.176 e. The SMILES string of the molecule is CCCNC(Cc1nnn(C)n1)c1cc(I)ccc1Br. The van der Waals surface area contributed by atoms with Crippen LogP contribution in [-0.2, 0) is 13.5 Å². The third-order valence-electron chi connectivity index (χ3n) is 2.91. The maximum atomic E-state index is 4.27. The normalized spacial score (nSPS) is 12.6. The topological polar surface area (TPSA) is 55.6 Å². The number of hydrogen-bond acceptors (Lipinski definition) is 4. The molecule has 1 unspecified atom stereocenters. The van der Waals surface area contributed by atoms with Gasteiger partial charge in [0.25, 0.3) is 0 Å². The molecular weight excluding hydrogens is 433 g/mol. The average molecular weight is 450 g/mol. The van der Waals surface area contributed by atoms with E-state index in [1.165, 1.54) is 13.9 Å². The number of tetrazole rings is 1. The molecule has 1 aromatic carbocycles. The zero-order chi connectivity index (χ0) is 14.5. The summed E-state index contributed by atoms with van der Waals surface area (Å²) in [5.74, 6) is 0.756. The van der Waals surface area contributed by atoms with E-state index in [1.54, 1.807) is 7.05 Å². The fourth-order valence-electron chi connectivity index (χ4n) is 1.98. The van der Waals surface area contributed by atoms with Gasteiger partial charge in [-0.2, -0.15) is 4.80 Å². The lowest BCUT2D eigenvalue weighted by Crippen LogP contribution is -2.25. The van der Waals surface area contributed by atoms with Crippen molar-refractivity contribution in [3.05, 3.63) is 37.6 Å². The second-order valence-electron chi connectivity index (χ2n) is 4.57. The van der Waals surface area contributed by atoms with Crippen LogP contribution in [0.1, 0.15) is 30.8 Å². The van der Waals surface area contributed by atoms with E-state index in [-0.39, 0.29) is 6.04 Å². The zero-order valence-electron chi connectivity index (χ0n) is 11.5. The minimum Gasteiger partial charge on any atom is -0.310 e. The molecule has 2 aromatic rings. The van der Waals surface area contributed by atoms with Crippen molar-refractivity contribution in [2.45, 2.75) is 25.8 Å². The fraction of sp³-hybridized carbons (Fsp3) is 0.462. The Morgan fingerprint density at radius 2 is 2.25 bits per heavy atom. The molecule has 1 atom stereocenters. The van der Waals surface area contributed by atoms with E-state index in [9.17, 15) is 0 Å². The lowest BCUT2D eigenvalue weighted by molar-refractivity contribution is 0.515. The highest BCUT2D eigenvalue weighted by atomic mass is 127. The van der Waals surface area contributed by atoms with E-state index in [1.807, 2.05) is 0 Å². The molecule has 0 saturated heterocycles. The van der Waals surface area contributed by atoms with Gasteiger partial charge in [-0.3, -0.25) is 0 Å². The monoisotopic (exact) mass is 449 g/mol.